The van der Waals surface area contributed by atoms with Crippen molar-refractivity contribution < 1.29 is 67.5 Å². The average Bonchev–Trinajstić information content (AvgIpc) is 0.581. The molecule has 12 aliphatic carbocycles. The summed E-state index contributed by atoms with van der Waals surface area (Å²) in [5.41, 5.74) is 6.52. The van der Waals surface area contributed by atoms with Crippen LogP contribution in [0, 0.1) is 113 Å². The zero-order chi connectivity index (χ0) is 63.3. The number of carbonyl (C=O) groups excluding carboxylic acids is 6. The first-order valence-corrected chi connectivity index (χ1v) is 35.0. The molecule has 3 aliphatic heterocycles. The second-order valence-electron chi connectivity index (χ2n) is 28.7. The molecule has 0 radical (unpaired) electrons. The predicted octanol–water partition coefficient (Wildman–Crippen LogP) is 12.5. The average molecular weight is 1340 g/mol. The fraction of sp³-hybridized carbons (Fsp3) is 0.522. The number of hydrogen-bond donors (Lipinski definition) is 2. The maximum atomic E-state index is 14.8. The molecule has 0 unspecified atom stereocenters. The molecule has 21 rings (SSSR count). The van der Waals surface area contributed by atoms with E-state index in [0.717, 1.165) is 75.0 Å². The first kappa shape index (κ1) is 57.8. The van der Waals surface area contributed by atoms with Gasteiger partial charge in [-0.1, -0.05) is 0 Å². The molecule has 12 saturated carbocycles. The molecule has 15 aliphatic rings. The third-order valence-electron chi connectivity index (χ3n) is 24.5. The summed E-state index contributed by atoms with van der Waals surface area (Å²) in [6.45, 7) is 17.2. The minimum Gasteiger partial charge on any atom is -0.481 e. The van der Waals surface area contributed by atoms with E-state index in [9.17, 15) is 38.4 Å². The zero-order valence-electron chi connectivity index (χ0n) is 50.4. The molecule has 23 heteroatoms. The highest BCUT2D eigenvalue weighted by Crippen LogP contribution is 3.11. The van der Waals surface area contributed by atoms with Gasteiger partial charge in [-0.05, 0) is 162 Å². The molecule has 0 spiro atoms. The second-order valence-corrected chi connectivity index (χ2v) is 32.3. The van der Waals surface area contributed by atoms with Crippen molar-refractivity contribution in [1.82, 2.24) is 0 Å². The number of carbonyl (C=O) groups is 8. The van der Waals surface area contributed by atoms with E-state index >= 15 is 0 Å². The molecule has 3 aromatic carbocycles. The highest BCUT2D eigenvalue weighted by molar-refractivity contribution is 7.18. The van der Waals surface area contributed by atoms with E-state index in [-0.39, 0.29) is 101 Å². The highest BCUT2D eigenvalue weighted by atomic mass is 35.5. The quantitative estimate of drug-likeness (QED) is 0.0740. The molecule has 2 N–H and O–H groups in total. The Morgan fingerprint density at radius 2 is 0.744 bits per heavy atom. The first-order valence-electron chi connectivity index (χ1n) is 30.8. The maximum absolute atomic E-state index is 14.8. The van der Waals surface area contributed by atoms with Crippen molar-refractivity contribution in [2.45, 2.75) is 85.7 Å². The third kappa shape index (κ3) is 6.13. The minimum atomic E-state index is -0.653. The smallest absolute Gasteiger partial charge is 0.414 e. The van der Waals surface area contributed by atoms with E-state index in [4.69, 9.17) is 64.0 Å². The van der Waals surface area contributed by atoms with Gasteiger partial charge >= 0.3 is 35.9 Å². The summed E-state index contributed by atoms with van der Waals surface area (Å²) in [6, 6.07) is 5.51. The standard InChI is InChI=1S/C38H32Cl2N2O6S2.C19H22ClNO4S.C10H8O4/c1-13-11-49-33-21(47-15(3)43)5-19-25(23(13)33)17(7-39)9-41(19)35(45)37-27-30-28(37)32-29(37)31(27)38(30,32)36(46)42-10-18(8-40)26-20(42)6-22(48-16(4)44)34-24(26)14(2)12-50-34;1-10-9-26-17-14(24-11(2)22)6-13-16(15(10)17)12(7-20)8-21(13)18(23)25-19(3,4)5;11-7(12)9-1-2-4(9)6-5(9)3(1)10(2,6)8(13)14/h5-6,11-12,17-18,27-32H,7-10H2,1-4H3;6,9,12H,7-8H2,1-5H3;1-6H,(H,11,12)(H,13,14)/t17-,18-,27?,28?,29?,30?,31?,32?,37?,38?;12-;/m11./s1. The number of nitrogens with zero attached hydrogens (tertiary/aromatic N) is 3. The van der Waals surface area contributed by atoms with Crippen LogP contribution in [-0.2, 0) is 38.3 Å². The van der Waals surface area contributed by atoms with Crippen LogP contribution in [0.1, 0.15) is 92.7 Å². The second kappa shape index (κ2) is 18.2. The van der Waals surface area contributed by atoms with Gasteiger partial charge < -0.3 is 39.0 Å². The van der Waals surface area contributed by atoms with Crippen LogP contribution in [0.4, 0.5) is 21.9 Å². The van der Waals surface area contributed by atoms with Gasteiger partial charge in [-0.15, -0.1) is 68.8 Å². The summed E-state index contributed by atoms with van der Waals surface area (Å²) < 4.78 is 25.1. The van der Waals surface area contributed by atoms with Crippen LogP contribution in [0.3, 0.4) is 0 Å². The van der Waals surface area contributed by atoms with E-state index in [1.165, 1.54) is 32.1 Å². The predicted molar refractivity (Wildman–Crippen MR) is 339 cm³/mol. The Balaban J connectivity index is 0.000000128. The lowest BCUT2D eigenvalue weighted by atomic mass is 8.92. The number of ether oxygens (including phenoxy) is 4. The normalized spacial score (nSPS) is 36.4. The van der Waals surface area contributed by atoms with Crippen molar-refractivity contribution in [3.05, 3.63) is 67.7 Å². The number of carboxylic acids is 2. The van der Waals surface area contributed by atoms with Crippen LogP contribution in [0.5, 0.6) is 17.2 Å². The Bertz CT molecular complexity index is 4130. The van der Waals surface area contributed by atoms with Gasteiger partial charge in [-0.25, -0.2) is 4.79 Å². The molecule has 3 amide bonds. The number of benzene rings is 3. The number of hydrogen-bond acceptors (Lipinski definition) is 15. The fourth-order valence-corrected chi connectivity index (χ4v) is 26.2. The lowest BCUT2D eigenvalue weighted by Crippen LogP contribution is -3.12. The largest absolute Gasteiger partial charge is 0.481 e. The maximum Gasteiger partial charge on any atom is 0.414 e. The number of rotatable bonds is 10. The number of aryl methyl sites for hydroxylation is 3. The molecule has 3 aromatic heterocycles. The molecule has 90 heavy (non-hydrogen) atoms. The van der Waals surface area contributed by atoms with E-state index in [1.807, 2.05) is 55.0 Å². The van der Waals surface area contributed by atoms with Crippen LogP contribution in [0.15, 0.2) is 34.3 Å². The topological polar surface area (TPSA) is 224 Å². The van der Waals surface area contributed by atoms with Gasteiger partial charge in [0.15, 0.2) is 17.2 Å². The number of anilines is 3. The van der Waals surface area contributed by atoms with Crippen LogP contribution < -0.4 is 28.9 Å². The van der Waals surface area contributed by atoms with Crippen LogP contribution in [0.25, 0.3) is 30.3 Å². The number of fused-ring (bicyclic) bond motifs is 9. The number of esters is 3. The highest BCUT2D eigenvalue weighted by Gasteiger charge is 3.14. The summed E-state index contributed by atoms with van der Waals surface area (Å²) in [6.07, 6.45) is -0.424. The van der Waals surface area contributed by atoms with Crippen LogP contribution >= 0.6 is 68.8 Å². The van der Waals surface area contributed by atoms with E-state index < -0.39 is 63.2 Å². The van der Waals surface area contributed by atoms with E-state index in [0.29, 0.717) is 60.2 Å². The number of halogens is 3. The Morgan fingerprint density at radius 3 is 1.00 bits per heavy atom. The molecule has 3 atom stereocenters. The molecule has 6 aromatic rings. The Labute approximate surface area is 543 Å². The van der Waals surface area contributed by atoms with E-state index in [1.54, 1.807) is 33.6 Å². The molecule has 468 valence electrons. The zero-order valence-corrected chi connectivity index (χ0v) is 55.1. The van der Waals surface area contributed by atoms with Crippen molar-refractivity contribution in [3.63, 3.8) is 0 Å². The fourth-order valence-electron chi connectivity index (χ4n) is 22.4. The van der Waals surface area contributed by atoms with Gasteiger partial charge in [0.05, 0.1) is 52.8 Å². The lowest BCUT2D eigenvalue weighted by molar-refractivity contribution is -0.628. The van der Waals surface area contributed by atoms with Crippen molar-refractivity contribution in [2.24, 2.45) is 92.7 Å². The van der Waals surface area contributed by atoms with Gasteiger partial charge in [-0.2, -0.15) is 0 Å². The monoisotopic (exact) mass is 1330 g/mol. The minimum absolute atomic E-state index is 0.00126. The van der Waals surface area contributed by atoms with Crippen LogP contribution in [0.2, 0.25) is 0 Å². The lowest BCUT2D eigenvalue weighted by Gasteiger charge is -3.09. The Kier molecular flexibility index (Phi) is 11.7. The van der Waals surface area contributed by atoms with E-state index in [2.05, 4.69) is 24.6 Å². The summed E-state index contributed by atoms with van der Waals surface area (Å²) in [7, 11) is 0. The van der Waals surface area contributed by atoms with Crippen molar-refractivity contribution in [2.75, 3.05) is 52.0 Å². The summed E-state index contributed by atoms with van der Waals surface area (Å²) >= 11 is 24.0. The molecule has 12 fully saturated rings. The third-order valence-corrected chi connectivity index (χ3v) is 29.0. The van der Waals surface area contributed by atoms with Crippen molar-refractivity contribution in [1.29, 1.82) is 0 Å². The van der Waals surface area contributed by atoms with Crippen molar-refractivity contribution >= 4 is 164 Å². The first-order chi connectivity index (χ1) is 42.8. The van der Waals surface area contributed by atoms with Crippen molar-refractivity contribution in [3.8, 4) is 17.2 Å². The van der Waals surface area contributed by atoms with Gasteiger partial charge in [0, 0.05) is 110 Å². The number of thiophene rings is 3. The Hall–Kier alpha value is -6.03. The Morgan fingerprint density at radius 1 is 0.478 bits per heavy atom. The molecule has 6 heterocycles. The summed E-state index contributed by atoms with van der Waals surface area (Å²) in [5, 5.41) is 27.5. The number of alkyl halides is 3. The molecule has 17 nitrogen and oxygen atoms in total. The van der Waals surface area contributed by atoms with Gasteiger partial charge in [0.25, 0.3) is 0 Å². The number of amides is 3. The molecule has 0 bridgehead atoms. The van der Waals surface area contributed by atoms with Gasteiger partial charge in [-0.3, -0.25) is 38.5 Å². The molecule has 0 saturated heterocycles. The molecular formula is C67H62Cl3N3O14S3. The van der Waals surface area contributed by atoms with Crippen LogP contribution in [-0.4, -0.2) is 101 Å². The number of aliphatic carboxylic acids is 2. The SMILES string of the molecule is CC(=O)Oc1cc2c(c3c(C)csc13)[C@H](CCl)CN2C(=O)C12C3C4C1C1C2C3C41C(=O)N1C[C@@H](CCl)c2c1cc(OC(C)=O)c1scc(C)c21.CC(=O)Oc1cc2c(c3c(C)csc13)[C@H](CCl)CN2C(=O)OC(C)(C)C.O=C(O)C12C3C4C1C1C2C3C41C(=O)O. The van der Waals surface area contributed by atoms with Gasteiger partial charge in [0.1, 0.15) is 5.60 Å². The molecular weight excluding hydrogens is 1270 g/mol. The van der Waals surface area contributed by atoms with Gasteiger partial charge in [0.2, 0.25) is 11.8 Å². The summed E-state index contributed by atoms with van der Waals surface area (Å²) in [5.74, 6) is 3.23. The number of carboxylic acid groups (broad SMARTS) is 2. The summed E-state index contributed by atoms with van der Waals surface area (Å²) in [4.78, 5) is 106.